The maximum atomic E-state index is 13.3. The quantitative estimate of drug-likeness (QED) is 0.382. The van der Waals surface area contributed by atoms with Gasteiger partial charge in [0.05, 0.1) is 12.2 Å². The van der Waals surface area contributed by atoms with Crippen molar-refractivity contribution in [2.24, 2.45) is 11.7 Å². The van der Waals surface area contributed by atoms with E-state index in [9.17, 15) is 18.3 Å². The number of hydrogen-bond acceptors (Lipinski definition) is 4. The third kappa shape index (κ3) is 7.93. The number of rotatable bonds is 12. The van der Waals surface area contributed by atoms with Crippen LogP contribution < -0.4 is 10.5 Å². The lowest BCUT2D eigenvalue weighted by molar-refractivity contribution is -0.139. The number of alkyl halides is 3. The normalized spacial score (nSPS) is 14.3. The third-order valence-corrected chi connectivity index (χ3v) is 4.38. The SMILES string of the molecule is CCCCCCCOc1ccc(CCC(CO)C(N)O)cc1C(F)(F)F. The highest BCUT2D eigenvalue weighted by molar-refractivity contribution is 5.39. The highest BCUT2D eigenvalue weighted by atomic mass is 19.4. The standard InChI is InChI=1S/C19H30F3NO3/c1-2-3-4-5-6-11-26-17-10-8-14(12-16(17)19(20,21)22)7-9-15(13-24)18(23)25/h8,10,12,15,18,24-25H,2-7,9,11,13,23H2,1H3. The number of nitrogens with two attached hydrogens (primary N) is 1. The summed E-state index contributed by atoms with van der Waals surface area (Å²) in [5, 5.41) is 18.4. The van der Waals surface area contributed by atoms with Crippen LogP contribution in [-0.4, -0.2) is 29.7 Å². The van der Waals surface area contributed by atoms with E-state index in [1.165, 1.54) is 6.07 Å². The van der Waals surface area contributed by atoms with Crippen molar-refractivity contribution in [2.75, 3.05) is 13.2 Å². The Labute approximate surface area is 153 Å². The van der Waals surface area contributed by atoms with Gasteiger partial charge < -0.3 is 20.7 Å². The van der Waals surface area contributed by atoms with Crippen LogP contribution in [-0.2, 0) is 12.6 Å². The Morgan fingerprint density at radius 2 is 1.85 bits per heavy atom. The molecule has 0 aliphatic heterocycles. The minimum absolute atomic E-state index is 0.158. The molecule has 0 aromatic heterocycles. The second kappa shape index (κ2) is 11.4. The fourth-order valence-electron chi connectivity index (χ4n) is 2.69. The lowest BCUT2D eigenvalue weighted by Gasteiger charge is -2.18. The number of benzene rings is 1. The average molecular weight is 377 g/mol. The first-order valence-corrected chi connectivity index (χ1v) is 9.17. The van der Waals surface area contributed by atoms with E-state index in [2.05, 4.69) is 6.92 Å². The van der Waals surface area contributed by atoms with Gasteiger partial charge in [-0.1, -0.05) is 38.7 Å². The van der Waals surface area contributed by atoms with Crippen molar-refractivity contribution in [1.29, 1.82) is 0 Å². The fraction of sp³-hybridized carbons (Fsp3) is 0.684. The van der Waals surface area contributed by atoms with Crippen molar-refractivity contribution in [3.8, 4) is 5.75 Å². The number of aliphatic hydroxyl groups is 2. The van der Waals surface area contributed by atoms with E-state index in [0.29, 0.717) is 12.0 Å². The van der Waals surface area contributed by atoms with Gasteiger partial charge in [0.25, 0.3) is 0 Å². The molecule has 4 nitrogen and oxygen atoms in total. The Hall–Kier alpha value is -1.31. The second-order valence-electron chi connectivity index (χ2n) is 6.56. The maximum Gasteiger partial charge on any atom is 0.419 e. The van der Waals surface area contributed by atoms with E-state index >= 15 is 0 Å². The molecule has 1 aromatic carbocycles. The average Bonchev–Trinajstić information content (AvgIpc) is 2.58. The number of ether oxygens (including phenoxy) is 1. The van der Waals surface area contributed by atoms with Gasteiger partial charge in [0.15, 0.2) is 0 Å². The van der Waals surface area contributed by atoms with Crippen LogP contribution in [0.5, 0.6) is 5.75 Å². The Bertz CT molecular complexity index is 521. The van der Waals surface area contributed by atoms with Crippen LogP contribution in [0.2, 0.25) is 0 Å². The van der Waals surface area contributed by atoms with Crippen molar-refractivity contribution in [3.63, 3.8) is 0 Å². The number of hydrogen-bond donors (Lipinski definition) is 3. The topological polar surface area (TPSA) is 75.7 Å². The molecule has 0 aliphatic rings. The minimum Gasteiger partial charge on any atom is -0.493 e. The van der Waals surface area contributed by atoms with Crippen LogP contribution in [0.25, 0.3) is 0 Å². The van der Waals surface area contributed by atoms with E-state index in [4.69, 9.17) is 15.6 Å². The van der Waals surface area contributed by atoms with Gasteiger partial charge in [-0.05, 0) is 37.0 Å². The Kier molecular flexibility index (Phi) is 9.98. The van der Waals surface area contributed by atoms with E-state index in [1.807, 2.05) is 0 Å². The number of unbranched alkanes of at least 4 members (excludes halogenated alkanes) is 4. The zero-order valence-electron chi connectivity index (χ0n) is 15.3. The molecule has 26 heavy (non-hydrogen) atoms. The molecule has 0 heterocycles. The maximum absolute atomic E-state index is 13.3. The van der Waals surface area contributed by atoms with Crippen molar-refractivity contribution in [2.45, 2.75) is 64.3 Å². The number of aryl methyl sites for hydroxylation is 1. The van der Waals surface area contributed by atoms with Crippen molar-refractivity contribution >= 4 is 0 Å². The van der Waals surface area contributed by atoms with Crippen LogP contribution in [0.15, 0.2) is 18.2 Å². The van der Waals surface area contributed by atoms with E-state index in [0.717, 1.165) is 38.2 Å². The molecule has 1 aromatic rings. The number of aliphatic hydroxyl groups excluding tert-OH is 2. The smallest absolute Gasteiger partial charge is 0.419 e. The van der Waals surface area contributed by atoms with E-state index in [1.54, 1.807) is 6.07 Å². The monoisotopic (exact) mass is 377 g/mol. The molecule has 0 radical (unpaired) electrons. The Morgan fingerprint density at radius 1 is 1.15 bits per heavy atom. The molecule has 7 heteroatoms. The lowest BCUT2D eigenvalue weighted by Crippen LogP contribution is -2.32. The van der Waals surface area contributed by atoms with Crippen molar-refractivity contribution < 1.29 is 28.1 Å². The van der Waals surface area contributed by atoms with Crippen LogP contribution in [0.4, 0.5) is 13.2 Å². The molecule has 0 spiro atoms. The molecule has 2 atom stereocenters. The molecular weight excluding hydrogens is 347 g/mol. The molecule has 0 aliphatic carbocycles. The molecule has 0 saturated carbocycles. The van der Waals surface area contributed by atoms with Gasteiger partial charge in [-0.15, -0.1) is 0 Å². The predicted molar refractivity (Wildman–Crippen MR) is 94.8 cm³/mol. The molecule has 4 N–H and O–H groups in total. The van der Waals surface area contributed by atoms with Crippen LogP contribution in [0.1, 0.15) is 56.6 Å². The van der Waals surface area contributed by atoms with Gasteiger partial charge in [-0.2, -0.15) is 13.2 Å². The van der Waals surface area contributed by atoms with E-state index < -0.39 is 23.9 Å². The summed E-state index contributed by atoms with van der Waals surface area (Å²) < 4.78 is 45.3. The van der Waals surface area contributed by atoms with Gasteiger partial charge in [-0.25, -0.2) is 0 Å². The first kappa shape index (κ1) is 22.7. The largest absolute Gasteiger partial charge is 0.493 e. The third-order valence-electron chi connectivity index (χ3n) is 4.38. The van der Waals surface area contributed by atoms with Crippen LogP contribution in [0.3, 0.4) is 0 Å². The molecule has 150 valence electrons. The van der Waals surface area contributed by atoms with Gasteiger partial charge in [-0.3, -0.25) is 0 Å². The summed E-state index contributed by atoms with van der Waals surface area (Å²) in [6.07, 6.45) is -0.168. The first-order valence-electron chi connectivity index (χ1n) is 9.17. The van der Waals surface area contributed by atoms with Gasteiger partial charge >= 0.3 is 6.18 Å². The minimum atomic E-state index is -4.50. The molecule has 0 fully saturated rings. The van der Waals surface area contributed by atoms with Gasteiger partial charge in [0.1, 0.15) is 12.0 Å². The summed E-state index contributed by atoms with van der Waals surface area (Å²) in [5.74, 6) is -0.724. The molecule has 2 unspecified atom stereocenters. The fourth-order valence-corrected chi connectivity index (χ4v) is 2.69. The van der Waals surface area contributed by atoms with E-state index in [-0.39, 0.29) is 25.4 Å². The summed E-state index contributed by atoms with van der Waals surface area (Å²) >= 11 is 0. The molecule has 0 saturated heterocycles. The zero-order valence-corrected chi connectivity index (χ0v) is 15.3. The van der Waals surface area contributed by atoms with Gasteiger partial charge in [0.2, 0.25) is 0 Å². The summed E-state index contributed by atoms with van der Waals surface area (Å²) in [4.78, 5) is 0. The van der Waals surface area contributed by atoms with Crippen molar-refractivity contribution in [3.05, 3.63) is 29.3 Å². The highest BCUT2D eigenvalue weighted by Gasteiger charge is 2.34. The highest BCUT2D eigenvalue weighted by Crippen LogP contribution is 2.37. The molecule has 1 rings (SSSR count). The summed E-state index contributed by atoms with van der Waals surface area (Å²) in [6, 6.07) is 4.00. The second-order valence-corrected chi connectivity index (χ2v) is 6.56. The Morgan fingerprint density at radius 3 is 2.42 bits per heavy atom. The predicted octanol–water partition coefficient (Wildman–Crippen LogP) is 3.87. The molecule has 0 amide bonds. The zero-order chi connectivity index (χ0) is 19.6. The number of halogens is 3. The van der Waals surface area contributed by atoms with Crippen LogP contribution >= 0.6 is 0 Å². The summed E-state index contributed by atoms with van der Waals surface area (Å²) in [6.45, 7) is 2.05. The van der Waals surface area contributed by atoms with Crippen molar-refractivity contribution in [1.82, 2.24) is 0 Å². The summed E-state index contributed by atoms with van der Waals surface area (Å²) in [5.41, 5.74) is 5.00. The molecular formula is C19H30F3NO3. The molecule has 0 bridgehead atoms. The Balaban J connectivity index is 2.71. The first-order chi connectivity index (χ1) is 12.3. The van der Waals surface area contributed by atoms with Gasteiger partial charge in [0, 0.05) is 12.5 Å². The van der Waals surface area contributed by atoms with Crippen LogP contribution in [0, 0.1) is 5.92 Å². The lowest BCUT2D eigenvalue weighted by atomic mass is 9.97. The summed E-state index contributed by atoms with van der Waals surface area (Å²) in [7, 11) is 0.